The Kier molecular flexibility index (Phi) is 15.4. The predicted molar refractivity (Wildman–Crippen MR) is 489 cm³/mol. The Morgan fingerprint density at radius 1 is 0.132 bits per heavy atom. The van der Waals surface area contributed by atoms with E-state index in [1.54, 1.807) is 0 Å². The summed E-state index contributed by atoms with van der Waals surface area (Å²) in [6.07, 6.45) is 0. The normalized spacial score (nSPS) is 13.1. The highest BCUT2D eigenvalue weighted by molar-refractivity contribution is 6.25. The summed E-state index contributed by atoms with van der Waals surface area (Å²) >= 11 is 0. The van der Waals surface area contributed by atoms with Crippen molar-refractivity contribution >= 4 is 97.0 Å². The zero-order valence-corrected chi connectivity index (χ0v) is 64.1. The number of fused-ring (bicyclic) bond motifs is 18. The van der Waals surface area contributed by atoms with E-state index in [1.165, 1.54) is 230 Å². The second-order valence-electron chi connectivity index (χ2n) is 32.3. The summed E-state index contributed by atoms with van der Waals surface area (Å²) in [5.41, 5.74) is 30.9. The van der Waals surface area contributed by atoms with Gasteiger partial charge in [0.15, 0.2) is 0 Å². The molecule has 0 fully saturated rings. The van der Waals surface area contributed by atoms with Crippen molar-refractivity contribution in [1.29, 1.82) is 0 Å². The molecule has 23 rings (SSSR count). The standard InChI is InChI=1S/C59H40.C55H38/c1-59(2)53-32-16-31-43(58(53)57-42-22-6-3-17-37(42)33-34-54(57)59)38-19-15-20-40(35-38)55-48-27-11-13-29-50(48)56(51-30-14-12-28-49(51)55)47-26-10-9-25-46(47)52-36-39-18-4-5-21-41(39)44-23-7-8-24-45(44)52;1-55(2)49-27-13-26-44(54(49)53-43-21-6-5-15-36(43)30-31-50(53)55)40-18-12-20-42(34-40)52-47-24-9-7-22-45(47)51(46-23-8-10-25-48(46)52)41-19-11-17-38(33-41)39-29-28-35-14-3-4-16-37(35)32-39/h3-36H,1-2H3;3-34H,1-2H3. The van der Waals surface area contributed by atoms with Gasteiger partial charge in [-0.2, -0.15) is 0 Å². The quantitative estimate of drug-likeness (QED) is 0.105. The highest BCUT2D eigenvalue weighted by Gasteiger charge is 2.40. The summed E-state index contributed by atoms with van der Waals surface area (Å²) in [4.78, 5) is 0. The molecule has 534 valence electrons. The van der Waals surface area contributed by atoms with E-state index in [4.69, 9.17) is 0 Å². The fourth-order valence-corrected chi connectivity index (χ4v) is 20.2. The highest BCUT2D eigenvalue weighted by atomic mass is 14.4. The van der Waals surface area contributed by atoms with Gasteiger partial charge in [0.2, 0.25) is 0 Å². The molecule has 2 aliphatic rings. The lowest BCUT2D eigenvalue weighted by Gasteiger charge is -2.22. The Morgan fingerprint density at radius 3 is 0.912 bits per heavy atom. The van der Waals surface area contributed by atoms with E-state index in [0.717, 1.165) is 0 Å². The first-order chi connectivity index (χ1) is 56.1. The maximum atomic E-state index is 2.44. The molecular weight excluding hydrogens is 1370 g/mol. The van der Waals surface area contributed by atoms with Crippen LogP contribution in [0.15, 0.2) is 400 Å². The van der Waals surface area contributed by atoms with Gasteiger partial charge in [-0.15, -0.1) is 0 Å². The average Bonchev–Trinajstić information content (AvgIpc) is 1.51. The third kappa shape index (κ3) is 10.4. The van der Waals surface area contributed by atoms with Crippen LogP contribution in [0.1, 0.15) is 49.9 Å². The van der Waals surface area contributed by atoms with E-state index in [-0.39, 0.29) is 10.8 Å². The summed E-state index contributed by atoms with van der Waals surface area (Å²) in [6.45, 7) is 9.52. The topological polar surface area (TPSA) is 0 Å². The molecular formula is C114H78. The molecule has 0 saturated heterocycles. The number of benzene rings is 21. The molecule has 0 aromatic heterocycles. The van der Waals surface area contributed by atoms with Crippen molar-refractivity contribution in [3.63, 3.8) is 0 Å². The molecule has 0 amide bonds. The van der Waals surface area contributed by atoms with Crippen LogP contribution < -0.4 is 0 Å². The predicted octanol–water partition coefficient (Wildman–Crippen LogP) is 31.7. The molecule has 2 aliphatic carbocycles. The Labute approximate surface area is 664 Å². The van der Waals surface area contributed by atoms with Gasteiger partial charge in [0.25, 0.3) is 0 Å². The van der Waals surface area contributed by atoms with Gasteiger partial charge in [-0.3, -0.25) is 0 Å². The van der Waals surface area contributed by atoms with Crippen molar-refractivity contribution in [3.05, 3.63) is 423 Å². The molecule has 0 atom stereocenters. The first-order valence-electron chi connectivity index (χ1n) is 40.1. The van der Waals surface area contributed by atoms with Crippen LogP contribution in [0.3, 0.4) is 0 Å². The Hall–Kier alpha value is -14.0. The van der Waals surface area contributed by atoms with Crippen LogP contribution in [-0.2, 0) is 10.8 Å². The third-order valence-corrected chi connectivity index (χ3v) is 25.5. The summed E-state index contributed by atoms with van der Waals surface area (Å²) in [5.74, 6) is 0. The first-order valence-corrected chi connectivity index (χ1v) is 40.1. The molecule has 0 heteroatoms. The lowest BCUT2D eigenvalue weighted by Crippen LogP contribution is -2.14. The highest BCUT2D eigenvalue weighted by Crippen LogP contribution is 2.58. The lowest BCUT2D eigenvalue weighted by molar-refractivity contribution is 0.661. The maximum absolute atomic E-state index is 2.44. The fourth-order valence-electron chi connectivity index (χ4n) is 20.2. The van der Waals surface area contributed by atoms with Crippen molar-refractivity contribution in [2.45, 2.75) is 38.5 Å². The SMILES string of the molecule is CC1(C)c2cccc(-c3cccc(-c4c5ccccc5c(-c5cccc(-c6ccc7ccccc7c6)c5)c5ccccc45)c3)c2-c2c1ccc1ccccc21.CC1(C)c2cccc(-c3cccc(-c4c5ccccc5c(-c5ccccc5-c5cc6ccccc6c6ccccc56)c5ccccc45)c3)c2-c2c1ccc1ccccc21. The van der Waals surface area contributed by atoms with Crippen LogP contribution in [0.25, 0.3) is 208 Å². The molecule has 21 aromatic rings. The van der Waals surface area contributed by atoms with E-state index >= 15 is 0 Å². The van der Waals surface area contributed by atoms with Crippen LogP contribution in [0, 0.1) is 0 Å². The molecule has 0 N–H and O–H groups in total. The minimum atomic E-state index is -0.0972. The van der Waals surface area contributed by atoms with E-state index < -0.39 is 0 Å². The van der Waals surface area contributed by atoms with E-state index in [0.29, 0.717) is 0 Å². The van der Waals surface area contributed by atoms with Gasteiger partial charge >= 0.3 is 0 Å². The summed E-state index contributed by atoms with van der Waals surface area (Å²) in [7, 11) is 0. The van der Waals surface area contributed by atoms with Gasteiger partial charge in [-0.05, 0) is 261 Å². The smallest absolute Gasteiger partial charge is 0.0159 e. The Bertz CT molecular complexity index is 7490. The van der Waals surface area contributed by atoms with Crippen molar-refractivity contribution < 1.29 is 0 Å². The third-order valence-electron chi connectivity index (χ3n) is 25.5. The average molecular weight is 1450 g/mol. The zero-order valence-electron chi connectivity index (χ0n) is 64.1. The minimum absolute atomic E-state index is 0.0871. The van der Waals surface area contributed by atoms with E-state index in [1.807, 2.05) is 0 Å². The second-order valence-corrected chi connectivity index (χ2v) is 32.3. The van der Waals surface area contributed by atoms with Crippen LogP contribution in [0.5, 0.6) is 0 Å². The second kappa shape index (κ2) is 26.3. The zero-order chi connectivity index (χ0) is 75.9. The van der Waals surface area contributed by atoms with Gasteiger partial charge in [-0.25, -0.2) is 0 Å². The summed E-state index contributed by atoms with van der Waals surface area (Å²) in [6, 6.07) is 149. The largest absolute Gasteiger partial charge is 0.0616 e. The molecule has 0 aliphatic heterocycles. The molecule has 0 bridgehead atoms. The van der Waals surface area contributed by atoms with Crippen LogP contribution in [0.4, 0.5) is 0 Å². The minimum Gasteiger partial charge on any atom is -0.0616 e. The molecule has 0 heterocycles. The summed E-state index contributed by atoms with van der Waals surface area (Å²) < 4.78 is 0. The number of hydrogen-bond donors (Lipinski definition) is 0. The molecule has 0 nitrogen and oxygen atoms in total. The van der Waals surface area contributed by atoms with Crippen LogP contribution in [-0.4, -0.2) is 0 Å². The van der Waals surface area contributed by atoms with Gasteiger partial charge < -0.3 is 0 Å². The Morgan fingerprint density at radius 2 is 0.439 bits per heavy atom. The lowest BCUT2D eigenvalue weighted by atomic mass is 9.81. The van der Waals surface area contributed by atoms with Gasteiger partial charge in [0.1, 0.15) is 0 Å². The van der Waals surface area contributed by atoms with Crippen molar-refractivity contribution in [2.24, 2.45) is 0 Å². The molecule has 114 heavy (non-hydrogen) atoms. The van der Waals surface area contributed by atoms with Crippen molar-refractivity contribution in [3.8, 4) is 111 Å². The number of hydrogen-bond acceptors (Lipinski definition) is 0. The monoisotopic (exact) mass is 1450 g/mol. The summed E-state index contributed by atoms with van der Waals surface area (Å²) in [5, 5.41) is 22.9. The molecule has 0 saturated carbocycles. The molecule has 0 spiro atoms. The van der Waals surface area contributed by atoms with E-state index in [9.17, 15) is 0 Å². The molecule has 0 unspecified atom stereocenters. The number of rotatable bonds is 8. The van der Waals surface area contributed by atoms with Gasteiger partial charge in [-0.1, -0.05) is 398 Å². The van der Waals surface area contributed by atoms with E-state index in [2.05, 4.69) is 428 Å². The maximum Gasteiger partial charge on any atom is 0.0159 e. The Balaban J connectivity index is 0.000000139. The first kappa shape index (κ1) is 66.9. The van der Waals surface area contributed by atoms with Crippen molar-refractivity contribution in [1.82, 2.24) is 0 Å². The van der Waals surface area contributed by atoms with Gasteiger partial charge in [0.05, 0.1) is 0 Å². The van der Waals surface area contributed by atoms with Crippen LogP contribution in [0.2, 0.25) is 0 Å². The molecule has 21 aromatic carbocycles. The van der Waals surface area contributed by atoms with Crippen LogP contribution >= 0.6 is 0 Å². The fraction of sp³-hybridized carbons (Fsp3) is 0.0526. The van der Waals surface area contributed by atoms with Crippen molar-refractivity contribution in [2.75, 3.05) is 0 Å². The van der Waals surface area contributed by atoms with Gasteiger partial charge in [0, 0.05) is 10.8 Å². The molecule has 0 radical (unpaired) electrons.